The van der Waals surface area contributed by atoms with E-state index >= 15 is 0 Å². The third kappa shape index (κ3) is 6.18. The minimum atomic E-state index is -0.188. The Bertz CT molecular complexity index is 1310. The van der Waals surface area contributed by atoms with E-state index in [1.54, 1.807) is 36.7 Å². The normalized spacial score (nSPS) is 10.5. The average molecular weight is 484 g/mol. The number of hydrogen-bond donors (Lipinski definition) is 1. The number of carbonyl (C=O) groups is 1. The van der Waals surface area contributed by atoms with Crippen molar-refractivity contribution in [3.05, 3.63) is 95.8 Å². The zero-order valence-electron chi connectivity index (χ0n) is 20.7. The van der Waals surface area contributed by atoms with Crippen molar-refractivity contribution in [2.45, 2.75) is 27.3 Å². The molecule has 1 aromatic heterocycles. The van der Waals surface area contributed by atoms with Gasteiger partial charge in [0.2, 0.25) is 0 Å². The van der Waals surface area contributed by atoms with Crippen molar-refractivity contribution in [1.82, 2.24) is 15.3 Å². The van der Waals surface area contributed by atoms with Crippen molar-refractivity contribution in [3.8, 4) is 34.4 Å². The van der Waals surface area contributed by atoms with E-state index in [1.807, 2.05) is 63.2 Å². The Labute approximate surface area is 211 Å². The van der Waals surface area contributed by atoms with E-state index in [-0.39, 0.29) is 11.9 Å². The third-order valence-electron chi connectivity index (χ3n) is 5.47. The summed E-state index contributed by atoms with van der Waals surface area (Å²) < 4.78 is 17.0. The van der Waals surface area contributed by atoms with Gasteiger partial charge in [-0.2, -0.15) is 0 Å². The third-order valence-corrected chi connectivity index (χ3v) is 5.47. The van der Waals surface area contributed by atoms with E-state index in [9.17, 15) is 4.79 Å². The maximum Gasteiger partial charge on any atom is 0.321 e. The first-order valence-electron chi connectivity index (χ1n) is 11.9. The van der Waals surface area contributed by atoms with Gasteiger partial charge in [-0.15, -0.1) is 0 Å². The molecule has 1 N–H and O–H groups in total. The lowest BCUT2D eigenvalue weighted by atomic mass is 10.0. The van der Waals surface area contributed by atoms with Crippen LogP contribution in [0.25, 0.3) is 11.1 Å². The van der Waals surface area contributed by atoms with Gasteiger partial charge in [0.15, 0.2) is 11.5 Å². The van der Waals surface area contributed by atoms with E-state index in [4.69, 9.17) is 14.2 Å². The zero-order chi connectivity index (χ0) is 25.3. The van der Waals surface area contributed by atoms with Crippen LogP contribution >= 0.6 is 0 Å². The van der Waals surface area contributed by atoms with Crippen LogP contribution in [0.4, 0.5) is 0 Å². The Morgan fingerprint density at radius 3 is 2.25 bits per heavy atom. The average Bonchev–Trinajstić information content (AvgIpc) is 2.90. The molecular formula is C29H29N3O4. The Morgan fingerprint density at radius 1 is 0.861 bits per heavy atom. The minimum Gasteiger partial charge on any atom is -0.490 e. The molecule has 0 aliphatic carbocycles. The summed E-state index contributed by atoms with van der Waals surface area (Å²) in [6, 6.07) is 20.8. The quantitative estimate of drug-likeness (QED) is 0.299. The van der Waals surface area contributed by atoms with Crippen molar-refractivity contribution in [2.75, 3.05) is 13.2 Å². The molecule has 0 saturated carbocycles. The van der Waals surface area contributed by atoms with Gasteiger partial charge in [-0.05, 0) is 73.9 Å². The smallest absolute Gasteiger partial charge is 0.321 e. The molecule has 0 bridgehead atoms. The lowest BCUT2D eigenvalue weighted by molar-refractivity contribution is 0.0951. The molecule has 1 amide bonds. The lowest BCUT2D eigenvalue weighted by Gasteiger charge is -2.13. The molecule has 0 unspecified atom stereocenters. The van der Waals surface area contributed by atoms with Crippen LogP contribution in [0.5, 0.6) is 23.3 Å². The number of aromatic nitrogens is 2. The first-order chi connectivity index (χ1) is 17.6. The Kier molecular flexibility index (Phi) is 8.13. The highest BCUT2D eigenvalue weighted by Crippen LogP contribution is 2.28. The maximum absolute atomic E-state index is 12.6. The van der Waals surface area contributed by atoms with Gasteiger partial charge in [-0.25, -0.2) is 9.97 Å². The number of nitrogens with zero attached hydrogens (tertiary/aromatic N) is 2. The summed E-state index contributed by atoms with van der Waals surface area (Å²) >= 11 is 0. The molecule has 0 aliphatic heterocycles. The van der Waals surface area contributed by atoms with Crippen molar-refractivity contribution in [1.29, 1.82) is 0 Å². The SMILES string of the molecule is CCOc1ccc(CNC(=O)c2ccc(Oc3ncc(-c4ccccc4C)cn3)cc2)cc1OCC. The van der Waals surface area contributed by atoms with Gasteiger partial charge in [0.1, 0.15) is 5.75 Å². The number of amides is 1. The van der Waals surface area contributed by atoms with Gasteiger partial charge >= 0.3 is 6.01 Å². The fourth-order valence-electron chi connectivity index (χ4n) is 3.67. The predicted octanol–water partition coefficient (Wildman–Crippen LogP) is 5.97. The van der Waals surface area contributed by atoms with Gasteiger partial charge in [0.25, 0.3) is 5.91 Å². The van der Waals surface area contributed by atoms with Crippen LogP contribution < -0.4 is 19.5 Å². The summed E-state index contributed by atoms with van der Waals surface area (Å²) in [6.07, 6.45) is 3.48. The Morgan fingerprint density at radius 2 is 1.56 bits per heavy atom. The highest BCUT2D eigenvalue weighted by Gasteiger charge is 2.10. The Balaban J connectivity index is 1.35. The molecule has 36 heavy (non-hydrogen) atoms. The molecule has 0 fully saturated rings. The van der Waals surface area contributed by atoms with Gasteiger partial charge in [-0.1, -0.05) is 30.3 Å². The van der Waals surface area contributed by atoms with Crippen molar-refractivity contribution in [3.63, 3.8) is 0 Å². The number of nitrogens with one attached hydrogen (secondary N) is 1. The van der Waals surface area contributed by atoms with Crippen LogP contribution in [0.3, 0.4) is 0 Å². The summed E-state index contributed by atoms with van der Waals surface area (Å²) in [7, 11) is 0. The number of carbonyl (C=O) groups excluding carboxylic acids is 1. The highest BCUT2D eigenvalue weighted by atomic mass is 16.5. The first-order valence-corrected chi connectivity index (χ1v) is 11.9. The summed E-state index contributed by atoms with van der Waals surface area (Å²) in [6.45, 7) is 7.35. The number of ether oxygens (including phenoxy) is 3. The van der Waals surface area contributed by atoms with Crippen LogP contribution in [0.1, 0.15) is 35.3 Å². The molecule has 7 heteroatoms. The largest absolute Gasteiger partial charge is 0.490 e. The molecule has 7 nitrogen and oxygen atoms in total. The fourth-order valence-corrected chi connectivity index (χ4v) is 3.67. The number of rotatable bonds is 10. The second-order valence-electron chi connectivity index (χ2n) is 8.03. The molecular weight excluding hydrogens is 454 g/mol. The van der Waals surface area contributed by atoms with E-state index in [0.29, 0.717) is 42.6 Å². The first kappa shape index (κ1) is 24.7. The van der Waals surface area contributed by atoms with Crippen molar-refractivity contribution in [2.24, 2.45) is 0 Å². The molecule has 4 rings (SSSR count). The van der Waals surface area contributed by atoms with Crippen molar-refractivity contribution < 1.29 is 19.0 Å². The molecule has 4 aromatic rings. The zero-order valence-corrected chi connectivity index (χ0v) is 20.7. The number of aryl methyl sites for hydroxylation is 1. The van der Waals surface area contributed by atoms with Crippen LogP contribution in [-0.2, 0) is 6.54 Å². The van der Waals surface area contributed by atoms with E-state index in [0.717, 1.165) is 22.3 Å². The van der Waals surface area contributed by atoms with Crippen LogP contribution in [0.2, 0.25) is 0 Å². The topological polar surface area (TPSA) is 82.6 Å². The van der Waals surface area contributed by atoms with Crippen LogP contribution in [0, 0.1) is 6.92 Å². The summed E-state index contributed by atoms with van der Waals surface area (Å²) in [5, 5.41) is 2.93. The van der Waals surface area contributed by atoms with Gasteiger partial charge < -0.3 is 19.5 Å². The minimum absolute atomic E-state index is 0.188. The van der Waals surface area contributed by atoms with Gasteiger partial charge in [0.05, 0.1) is 13.2 Å². The Hall–Kier alpha value is -4.39. The highest BCUT2D eigenvalue weighted by molar-refractivity contribution is 5.94. The molecule has 1 heterocycles. The molecule has 0 saturated heterocycles. The van der Waals surface area contributed by atoms with Crippen LogP contribution in [0.15, 0.2) is 79.1 Å². The maximum atomic E-state index is 12.6. The van der Waals surface area contributed by atoms with Crippen LogP contribution in [-0.4, -0.2) is 29.1 Å². The summed E-state index contributed by atoms with van der Waals surface area (Å²) in [4.78, 5) is 21.3. The second-order valence-corrected chi connectivity index (χ2v) is 8.03. The standard InChI is InChI=1S/C29H29N3O4/c1-4-34-26-15-10-21(16-27(26)35-5-2)17-30-28(33)22-11-13-24(14-12-22)36-29-31-18-23(19-32-29)25-9-7-6-8-20(25)3/h6-16,18-19H,4-5,17H2,1-3H3,(H,30,33). The molecule has 0 spiro atoms. The monoisotopic (exact) mass is 483 g/mol. The van der Waals surface area contributed by atoms with Gasteiger partial charge in [-0.3, -0.25) is 4.79 Å². The fraction of sp³-hybridized carbons (Fsp3) is 0.207. The summed E-state index contributed by atoms with van der Waals surface area (Å²) in [5.41, 5.74) is 4.60. The predicted molar refractivity (Wildman–Crippen MR) is 139 cm³/mol. The number of hydrogen-bond acceptors (Lipinski definition) is 6. The molecule has 0 atom stereocenters. The lowest BCUT2D eigenvalue weighted by Crippen LogP contribution is -2.22. The van der Waals surface area contributed by atoms with E-state index in [2.05, 4.69) is 15.3 Å². The number of benzene rings is 3. The van der Waals surface area contributed by atoms with Gasteiger partial charge in [0, 0.05) is 30.1 Å². The van der Waals surface area contributed by atoms with E-state index < -0.39 is 0 Å². The molecule has 184 valence electrons. The van der Waals surface area contributed by atoms with E-state index in [1.165, 1.54) is 0 Å². The summed E-state index contributed by atoms with van der Waals surface area (Å²) in [5.74, 6) is 1.72. The second kappa shape index (κ2) is 11.8. The molecule has 0 radical (unpaired) electrons. The molecule has 0 aliphatic rings. The molecule has 3 aromatic carbocycles. The van der Waals surface area contributed by atoms with Crippen molar-refractivity contribution >= 4 is 5.91 Å².